The lowest BCUT2D eigenvalue weighted by Gasteiger charge is -2.03. The zero-order valence-electron chi connectivity index (χ0n) is 15.3. The summed E-state index contributed by atoms with van der Waals surface area (Å²) in [6.45, 7) is 0.292. The Morgan fingerprint density at radius 2 is 1.48 bits per heavy atom. The van der Waals surface area contributed by atoms with E-state index in [-0.39, 0.29) is 5.97 Å². The van der Waals surface area contributed by atoms with Crippen LogP contribution < -0.4 is 5.46 Å². The zero-order valence-corrected chi connectivity index (χ0v) is 17.0. The number of benzene rings is 2. The maximum Gasteiger partial charge on any atom is 0.488 e. The van der Waals surface area contributed by atoms with Gasteiger partial charge in [0.05, 0.1) is 7.11 Å². The first-order valence-corrected chi connectivity index (χ1v) is 10.5. The molecule has 1 aliphatic heterocycles. The maximum absolute atomic E-state index is 11.3. The minimum atomic E-state index is -1.36. The first-order chi connectivity index (χ1) is 13.0. The summed E-state index contributed by atoms with van der Waals surface area (Å²) in [7, 11) is 0.129. The Balaban J connectivity index is 0.000000208. The standard InChI is InChI=1S/C12H12O3S.C7H9BO2S/c1-14-11-10(7-15-12(11)13)8-3-5-9(16-2)6-4-8;1-11-7-4-2-6(3-5-7)8(9)10/h3-6H,7H2,1-2H3;2-5,9-10H,1H3. The van der Waals surface area contributed by atoms with Crippen molar-refractivity contribution >= 4 is 47.6 Å². The van der Waals surface area contributed by atoms with Crippen molar-refractivity contribution in [3.8, 4) is 0 Å². The van der Waals surface area contributed by atoms with Gasteiger partial charge >= 0.3 is 13.1 Å². The van der Waals surface area contributed by atoms with Crippen molar-refractivity contribution in [3.05, 3.63) is 59.9 Å². The van der Waals surface area contributed by atoms with E-state index in [1.54, 1.807) is 35.7 Å². The number of thioether (sulfide) groups is 2. The highest BCUT2D eigenvalue weighted by atomic mass is 32.2. The van der Waals surface area contributed by atoms with E-state index < -0.39 is 7.12 Å². The van der Waals surface area contributed by atoms with Gasteiger partial charge < -0.3 is 19.5 Å². The second kappa shape index (κ2) is 10.5. The lowest BCUT2D eigenvalue weighted by atomic mass is 9.81. The van der Waals surface area contributed by atoms with E-state index in [4.69, 9.17) is 19.5 Å². The van der Waals surface area contributed by atoms with Crippen molar-refractivity contribution in [1.29, 1.82) is 0 Å². The lowest BCUT2D eigenvalue weighted by Crippen LogP contribution is -2.29. The molecule has 0 aliphatic carbocycles. The largest absolute Gasteiger partial charge is 0.490 e. The molecule has 0 amide bonds. The fraction of sp³-hybridized carbons (Fsp3) is 0.211. The summed E-state index contributed by atoms with van der Waals surface area (Å²) in [6, 6.07) is 15.1. The monoisotopic (exact) mass is 404 g/mol. The van der Waals surface area contributed by atoms with Gasteiger partial charge in [0.1, 0.15) is 6.61 Å². The third-order valence-electron chi connectivity index (χ3n) is 3.86. The highest BCUT2D eigenvalue weighted by Crippen LogP contribution is 2.27. The van der Waals surface area contributed by atoms with Crippen LogP contribution in [-0.2, 0) is 14.3 Å². The molecule has 1 heterocycles. The van der Waals surface area contributed by atoms with Gasteiger partial charge in [-0.1, -0.05) is 24.3 Å². The third-order valence-corrected chi connectivity index (χ3v) is 5.35. The first-order valence-electron chi connectivity index (χ1n) is 8.09. The smallest absolute Gasteiger partial charge is 0.488 e. The van der Waals surface area contributed by atoms with Crippen LogP contribution in [0.15, 0.2) is 64.1 Å². The molecule has 142 valence electrons. The molecule has 0 bridgehead atoms. The molecule has 0 unspecified atom stereocenters. The van der Waals surface area contributed by atoms with Crippen molar-refractivity contribution in [3.63, 3.8) is 0 Å². The summed E-state index contributed by atoms with van der Waals surface area (Å²) in [4.78, 5) is 13.6. The van der Waals surface area contributed by atoms with Gasteiger partial charge in [-0.25, -0.2) is 4.79 Å². The van der Waals surface area contributed by atoms with E-state index in [2.05, 4.69) is 0 Å². The van der Waals surface area contributed by atoms with E-state index >= 15 is 0 Å². The highest BCUT2D eigenvalue weighted by molar-refractivity contribution is 7.98. The predicted octanol–water partition coefficient (Wildman–Crippen LogP) is 2.41. The van der Waals surface area contributed by atoms with Gasteiger partial charge in [-0.05, 0) is 47.8 Å². The molecule has 0 spiro atoms. The SMILES string of the molecule is COC1=C(c2ccc(SC)cc2)COC1=O.CSc1ccc(B(O)O)cc1. The second-order valence-corrected chi connectivity index (χ2v) is 7.22. The molecule has 1 aliphatic rings. The Bertz CT molecular complexity index is 789. The fourth-order valence-electron chi connectivity index (χ4n) is 2.38. The number of rotatable bonds is 5. The van der Waals surface area contributed by atoms with Gasteiger partial charge in [-0.2, -0.15) is 0 Å². The van der Waals surface area contributed by atoms with Crippen LogP contribution in [0.4, 0.5) is 0 Å². The van der Waals surface area contributed by atoms with Gasteiger partial charge in [0.25, 0.3) is 0 Å². The average Bonchev–Trinajstić information content (AvgIpc) is 3.09. The van der Waals surface area contributed by atoms with Gasteiger partial charge in [0.2, 0.25) is 5.76 Å². The molecule has 0 fully saturated rings. The Morgan fingerprint density at radius 1 is 0.963 bits per heavy atom. The molecule has 0 aromatic heterocycles. The van der Waals surface area contributed by atoms with Crippen molar-refractivity contribution < 1.29 is 24.3 Å². The van der Waals surface area contributed by atoms with E-state index in [0.717, 1.165) is 16.0 Å². The Morgan fingerprint density at radius 3 is 1.93 bits per heavy atom. The van der Waals surface area contributed by atoms with Crippen LogP contribution >= 0.6 is 23.5 Å². The van der Waals surface area contributed by atoms with Crippen molar-refractivity contribution in [1.82, 2.24) is 0 Å². The van der Waals surface area contributed by atoms with Gasteiger partial charge in [0.15, 0.2) is 0 Å². The quantitative estimate of drug-likeness (QED) is 0.450. The summed E-state index contributed by atoms with van der Waals surface area (Å²) in [5, 5.41) is 17.5. The van der Waals surface area contributed by atoms with Crippen molar-refractivity contribution in [2.45, 2.75) is 9.79 Å². The van der Waals surface area contributed by atoms with E-state index in [1.165, 1.54) is 12.0 Å². The molecule has 0 radical (unpaired) electrons. The topological polar surface area (TPSA) is 76.0 Å². The molecule has 27 heavy (non-hydrogen) atoms. The molecule has 2 aromatic carbocycles. The van der Waals surface area contributed by atoms with Crippen LogP contribution in [0.25, 0.3) is 5.57 Å². The van der Waals surface area contributed by atoms with Gasteiger partial charge in [-0.3, -0.25) is 0 Å². The maximum atomic E-state index is 11.3. The highest BCUT2D eigenvalue weighted by Gasteiger charge is 2.26. The van der Waals surface area contributed by atoms with Gasteiger partial charge in [-0.15, -0.1) is 23.5 Å². The Hall–Kier alpha value is -1.87. The molecular weight excluding hydrogens is 383 g/mol. The minimum Gasteiger partial charge on any atom is -0.490 e. The summed E-state index contributed by atoms with van der Waals surface area (Å²) in [5.74, 6) is -0.0663. The minimum absolute atomic E-state index is 0.292. The number of cyclic esters (lactones) is 1. The van der Waals surface area contributed by atoms with E-state index in [1.807, 2.05) is 48.9 Å². The molecule has 5 nitrogen and oxygen atoms in total. The summed E-state index contributed by atoms with van der Waals surface area (Å²) in [6.07, 6.45) is 4.00. The summed E-state index contributed by atoms with van der Waals surface area (Å²) >= 11 is 3.31. The number of carbonyl (C=O) groups excluding carboxylic acids is 1. The molecule has 8 heteroatoms. The van der Waals surface area contributed by atoms with Gasteiger partial charge in [0, 0.05) is 15.4 Å². The third kappa shape index (κ3) is 5.80. The number of carbonyl (C=O) groups is 1. The lowest BCUT2D eigenvalue weighted by molar-refractivity contribution is -0.138. The predicted molar refractivity (Wildman–Crippen MR) is 111 cm³/mol. The fourth-order valence-corrected chi connectivity index (χ4v) is 3.20. The van der Waals surface area contributed by atoms with Crippen molar-refractivity contribution in [2.24, 2.45) is 0 Å². The molecule has 0 saturated carbocycles. The molecule has 3 rings (SSSR count). The molecular formula is C19H21BO5S2. The van der Waals surface area contributed by atoms with Crippen LogP contribution in [0.3, 0.4) is 0 Å². The Kier molecular flexibility index (Phi) is 8.31. The number of esters is 1. The van der Waals surface area contributed by atoms with E-state index in [9.17, 15) is 4.79 Å². The van der Waals surface area contributed by atoms with Crippen LogP contribution in [-0.4, -0.2) is 49.4 Å². The normalized spacial score (nSPS) is 13.0. The number of hydrogen-bond acceptors (Lipinski definition) is 7. The number of hydrogen-bond donors (Lipinski definition) is 2. The number of ether oxygens (including phenoxy) is 2. The van der Waals surface area contributed by atoms with E-state index in [0.29, 0.717) is 17.8 Å². The summed E-state index contributed by atoms with van der Waals surface area (Å²) < 4.78 is 9.98. The van der Waals surface area contributed by atoms with Crippen molar-refractivity contribution in [2.75, 3.05) is 26.2 Å². The second-order valence-electron chi connectivity index (χ2n) is 5.46. The van der Waals surface area contributed by atoms with Crippen LogP contribution in [0.1, 0.15) is 5.56 Å². The Labute approximate surface area is 167 Å². The average molecular weight is 404 g/mol. The number of methoxy groups -OCH3 is 1. The van der Waals surface area contributed by atoms with Crippen LogP contribution in [0.5, 0.6) is 0 Å². The summed E-state index contributed by atoms with van der Waals surface area (Å²) in [5.41, 5.74) is 2.32. The molecule has 0 atom stereocenters. The van der Waals surface area contributed by atoms with Crippen LogP contribution in [0.2, 0.25) is 0 Å². The molecule has 2 N–H and O–H groups in total. The van der Waals surface area contributed by atoms with Crippen LogP contribution in [0, 0.1) is 0 Å². The molecule has 0 saturated heterocycles. The molecule has 2 aromatic rings. The first kappa shape index (κ1) is 21.4. The zero-order chi connectivity index (χ0) is 19.8.